The number of halogens is 3. The first-order valence-corrected chi connectivity index (χ1v) is 5.94. The third kappa shape index (κ3) is 1.91. The Hall–Kier alpha value is -2.43. The van der Waals surface area contributed by atoms with E-state index in [1.807, 2.05) is 0 Å². The van der Waals surface area contributed by atoms with Crippen LogP contribution in [0.1, 0.15) is 5.56 Å². The molecule has 0 unspecified atom stereocenters. The zero-order valence-electron chi connectivity index (χ0n) is 10.2. The average molecular weight is 277 g/mol. The SMILES string of the molecule is Oc1c(-c2ccccc2C(F)(F)F)ccc2[nH]ccc12. The number of hydrogen-bond donors (Lipinski definition) is 2. The van der Waals surface area contributed by atoms with E-state index in [1.165, 1.54) is 24.3 Å². The maximum Gasteiger partial charge on any atom is 0.417 e. The number of H-pyrrole nitrogens is 1. The number of aromatic hydroxyl groups is 1. The highest BCUT2D eigenvalue weighted by atomic mass is 19.4. The third-order valence-corrected chi connectivity index (χ3v) is 3.23. The Bertz CT molecular complexity index is 774. The lowest BCUT2D eigenvalue weighted by Gasteiger charge is -2.14. The van der Waals surface area contributed by atoms with Crippen molar-refractivity contribution in [2.75, 3.05) is 0 Å². The zero-order chi connectivity index (χ0) is 14.3. The third-order valence-electron chi connectivity index (χ3n) is 3.23. The molecule has 3 rings (SSSR count). The maximum absolute atomic E-state index is 13.0. The first-order chi connectivity index (χ1) is 9.48. The normalized spacial score (nSPS) is 11.9. The van der Waals surface area contributed by atoms with Gasteiger partial charge >= 0.3 is 6.18 Å². The van der Waals surface area contributed by atoms with Crippen LogP contribution in [0.3, 0.4) is 0 Å². The number of alkyl halides is 3. The van der Waals surface area contributed by atoms with Crippen molar-refractivity contribution in [2.45, 2.75) is 6.18 Å². The van der Waals surface area contributed by atoms with Crippen LogP contribution in [0.5, 0.6) is 5.75 Å². The van der Waals surface area contributed by atoms with Crippen molar-refractivity contribution >= 4 is 10.9 Å². The van der Waals surface area contributed by atoms with E-state index in [4.69, 9.17) is 0 Å². The number of rotatable bonds is 1. The first-order valence-electron chi connectivity index (χ1n) is 5.94. The fourth-order valence-corrected chi connectivity index (χ4v) is 2.30. The largest absolute Gasteiger partial charge is 0.507 e. The zero-order valence-corrected chi connectivity index (χ0v) is 10.2. The summed E-state index contributed by atoms with van der Waals surface area (Å²) in [6.45, 7) is 0. The van der Waals surface area contributed by atoms with Crippen molar-refractivity contribution in [3.8, 4) is 16.9 Å². The number of phenolic OH excluding ortho intramolecular Hbond substituents is 1. The van der Waals surface area contributed by atoms with Crippen molar-refractivity contribution in [1.29, 1.82) is 0 Å². The molecule has 20 heavy (non-hydrogen) atoms. The van der Waals surface area contributed by atoms with Gasteiger partial charge in [-0.3, -0.25) is 0 Å². The molecule has 2 N–H and O–H groups in total. The van der Waals surface area contributed by atoms with Crippen LogP contribution >= 0.6 is 0 Å². The van der Waals surface area contributed by atoms with Crippen LogP contribution in [0.2, 0.25) is 0 Å². The molecule has 0 aliphatic heterocycles. The summed E-state index contributed by atoms with van der Waals surface area (Å²) in [6, 6.07) is 9.98. The van der Waals surface area contributed by atoms with Crippen molar-refractivity contribution < 1.29 is 18.3 Å². The lowest BCUT2D eigenvalue weighted by Crippen LogP contribution is -2.06. The van der Waals surface area contributed by atoms with Crippen LogP contribution < -0.4 is 0 Å². The van der Waals surface area contributed by atoms with Gasteiger partial charge in [0.25, 0.3) is 0 Å². The van der Waals surface area contributed by atoms with E-state index in [1.54, 1.807) is 18.3 Å². The van der Waals surface area contributed by atoms with Gasteiger partial charge in [0.05, 0.1) is 5.56 Å². The summed E-state index contributed by atoms with van der Waals surface area (Å²) in [5.41, 5.74) is 0.0616. The molecule has 2 nitrogen and oxygen atoms in total. The van der Waals surface area contributed by atoms with Crippen molar-refractivity contribution in [3.63, 3.8) is 0 Å². The second-order valence-electron chi connectivity index (χ2n) is 4.44. The van der Waals surface area contributed by atoms with Gasteiger partial charge in [0.2, 0.25) is 0 Å². The Morgan fingerprint density at radius 3 is 2.40 bits per heavy atom. The molecular weight excluding hydrogens is 267 g/mol. The van der Waals surface area contributed by atoms with Crippen LogP contribution in [0.25, 0.3) is 22.0 Å². The number of nitrogens with one attached hydrogen (secondary N) is 1. The van der Waals surface area contributed by atoms with Gasteiger partial charge in [-0.2, -0.15) is 13.2 Å². The summed E-state index contributed by atoms with van der Waals surface area (Å²) in [4.78, 5) is 2.90. The molecule has 1 heterocycles. The minimum absolute atomic E-state index is 0.0272. The Morgan fingerprint density at radius 1 is 0.900 bits per heavy atom. The van der Waals surface area contributed by atoms with Gasteiger partial charge in [0.15, 0.2) is 0 Å². The van der Waals surface area contributed by atoms with Crippen molar-refractivity contribution in [1.82, 2.24) is 4.98 Å². The fraction of sp³-hybridized carbons (Fsp3) is 0.0667. The molecule has 0 radical (unpaired) electrons. The van der Waals surface area contributed by atoms with E-state index >= 15 is 0 Å². The van der Waals surface area contributed by atoms with Crippen molar-refractivity contribution in [2.24, 2.45) is 0 Å². The molecule has 1 aromatic heterocycles. The standard InChI is InChI=1S/C15H10F3NO/c16-15(17,18)12-4-2-1-3-9(12)10-5-6-13-11(14(10)20)7-8-19-13/h1-8,19-20H. The number of aromatic nitrogens is 1. The predicted octanol–water partition coefficient (Wildman–Crippen LogP) is 4.56. The molecule has 102 valence electrons. The molecule has 0 saturated heterocycles. The predicted molar refractivity (Wildman–Crippen MR) is 70.4 cm³/mol. The minimum Gasteiger partial charge on any atom is -0.507 e. The molecule has 5 heteroatoms. The lowest BCUT2D eigenvalue weighted by atomic mass is 9.97. The highest BCUT2D eigenvalue weighted by Crippen LogP contribution is 2.42. The molecule has 3 aromatic rings. The van der Waals surface area contributed by atoms with Gasteiger partial charge in [-0.05, 0) is 29.8 Å². The number of aromatic amines is 1. The van der Waals surface area contributed by atoms with Crippen LogP contribution in [0.15, 0.2) is 48.7 Å². The molecule has 0 amide bonds. The molecule has 0 fully saturated rings. The molecule has 0 aliphatic rings. The summed E-state index contributed by atoms with van der Waals surface area (Å²) >= 11 is 0. The van der Waals surface area contributed by atoms with E-state index in [9.17, 15) is 18.3 Å². The summed E-state index contributed by atoms with van der Waals surface area (Å²) < 4.78 is 39.1. The van der Waals surface area contributed by atoms with Crippen LogP contribution in [-0.2, 0) is 6.18 Å². The van der Waals surface area contributed by atoms with Crippen LogP contribution in [0, 0.1) is 0 Å². The van der Waals surface area contributed by atoms with Gasteiger partial charge in [-0.15, -0.1) is 0 Å². The van der Waals surface area contributed by atoms with E-state index in [0.29, 0.717) is 10.9 Å². The molecule has 0 bridgehead atoms. The molecular formula is C15H10F3NO. The number of phenols is 1. The Labute approximate surface area is 112 Å². The number of fused-ring (bicyclic) bond motifs is 1. The van der Waals surface area contributed by atoms with Gasteiger partial charge < -0.3 is 10.1 Å². The summed E-state index contributed by atoms with van der Waals surface area (Å²) in [5.74, 6) is -0.152. The smallest absolute Gasteiger partial charge is 0.417 e. The molecule has 0 atom stereocenters. The van der Waals surface area contributed by atoms with Gasteiger partial charge in [0, 0.05) is 22.7 Å². The Kier molecular flexibility index (Phi) is 2.71. The molecule has 0 saturated carbocycles. The number of hydrogen-bond acceptors (Lipinski definition) is 1. The van der Waals surface area contributed by atoms with Crippen LogP contribution in [0.4, 0.5) is 13.2 Å². The van der Waals surface area contributed by atoms with Gasteiger partial charge in [-0.25, -0.2) is 0 Å². The molecule has 0 aliphatic carbocycles. The lowest BCUT2D eigenvalue weighted by molar-refractivity contribution is -0.137. The minimum atomic E-state index is -4.46. The van der Waals surface area contributed by atoms with E-state index in [2.05, 4.69) is 4.98 Å². The van der Waals surface area contributed by atoms with E-state index < -0.39 is 11.7 Å². The van der Waals surface area contributed by atoms with Crippen molar-refractivity contribution in [3.05, 3.63) is 54.2 Å². The first kappa shape index (κ1) is 12.6. The molecule has 0 spiro atoms. The average Bonchev–Trinajstić information content (AvgIpc) is 2.87. The topological polar surface area (TPSA) is 36.0 Å². The molecule has 2 aromatic carbocycles. The summed E-state index contributed by atoms with van der Waals surface area (Å²) in [6.07, 6.45) is -2.83. The Balaban J connectivity index is 2.29. The van der Waals surface area contributed by atoms with E-state index in [-0.39, 0.29) is 16.9 Å². The highest BCUT2D eigenvalue weighted by molar-refractivity contribution is 5.93. The van der Waals surface area contributed by atoms with Gasteiger partial charge in [-0.1, -0.05) is 18.2 Å². The fourth-order valence-electron chi connectivity index (χ4n) is 2.30. The second-order valence-corrected chi connectivity index (χ2v) is 4.44. The Morgan fingerprint density at radius 2 is 1.65 bits per heavy atom. The summed E-state index contributed by atoms with van der Waals surface area (Å²) in [7, 11) is 0. The quantitative estimate of drug-likeness (QED) is 0.672. The highest BCUT2D eigenvalue weighted by Gasteiger charge is 2.33. The second kappa shape index (κ2) is 4.30. The van der Waals surface area contributed by atoms with Gasteiger partial charge in [0.1, 0.15) is 5.75 Å². The van der Waals surface area contributed by atoms with E-state index in [0.717, 1.165) is 6.07 Å². The van der Waals surface area contributed by atoms with Crippen LogP contribution in [-0.4, -0.2) is 10.1 Å². The number of benzene rings is 2. The monoisotopic (exact) mass is 277 g/mol. The maximum atomic E-state index is 13.0. The summed E-state index contributed by atoms with van der Waals surface area (Å²) in [5, 5.41) is 10.7.